The van der Waals surface area contributed by atoms with Crippen LogP contribution in [0.3, 0.4) is 0 Å². The summed E-state index contributed by atoms with van der Waals surface area (Å²) in [7, 11) is 0. The van der Waals surface area contributed by atoms with Gasteiger partial charge in [0.2, 0.25) is 0 Å². The molecule has 1 heterocycles. The van der Waals surface area contributed by atoms with Crippen molar-refractivity contribution in [3.63, 3.8) is 0 Å². The Labute approximate surface area is 121 Å². The molecule has 0 radical (unpaired) electrons. The quantitative estimate of drug-likeness (QED) is 0.739. The first-order chi connectivity index (χ1) is 9.81. The lowest BCUT2D eigenvalue weighted by Crippen LogP contribution is -2.20. The molecule has 20 heavy (non-hydrogen) atoms. The van der Waals surface area contributed by atoms with E-state index >= 15 is 0 Å². The zero-order valence-electron chi connectivity index (χ0n) is 12.3. The second-order valence-corrected chi connectivity index (χ2v) is 5.00. The van der Waals surface area contributed by atoms with Crippen molar-refractivity contribution in [2.75, 3.05) is 13.2 Å². The molecule has 1 unspecified atom stereocenters. The zero-order valence-corrected chi connectivity index (χ0v) is 12.3. The van der Waals surface area contributed by atoms with E-state index in [4.69, 9.17) is 9.15 Å². The van der Waals surface area contributed by atoms with Gasteiger partial charge in [-0.25, -0.2) is 0 Å². The van der Waals surface area contributed by atoms with Crippen molar-refractivity contribution in [3.8, 4) is 5.75 Å². The van der Waals surface area contributed by atoms with Crippen LogP contribution < -0.4 is 10.1 Å². The zero-order chi connectivity index (χ0) is 14.2. The van der Waals surface area contributed by atoms with Crippen molar-refractivity contribution in [1.29, 1.82) is 0 Å². The Morgan fingerprint density at radius 2 is 2.10 bits per heavy atom. The molecule has 3 nitrogen and oxygen atoms in total. The van der Waals surface area contributed by atoms with Crippen LogP contribution >= 0.6 is 0 Å². The minimum atomic E-state index is 0.532. The molecule has 1 atom stereocenters. The fraction of sp³-hybridized carbons (Fsp3) is 0.412. The summed E-state index contributed by atoms with van der Waals surface area (Å²) in [4.78, 5) is 0. The van der Waals surface area contributed by atoms with Gasteiger partial charge in [-0.1, -0.05) is 32.0 Å². The average Bonchev–Trinajstić information content (AvgIpc) is 3.00. The number of furan rings is 1. The van der Waals surface area contributed by atoms with E-state index in [0.717, 1.165) is 30.8 Å². The number of hydrogen-bond acceptors (Lipinski definition) is 3. The summed E-state index contributed by atoms with van der Waals surface area (Å²) in [6, 6.07) is 10.3. The summed E-state index contributed by atoms with van der Waals surface area (Å²) in [6.45, 7) is 6.74. The molecular formula is C17H23NO2. The van der Waals surface area contributed by atoms with Crippen molar-refractivity contribution in [1.82, 2.24) is 5.32 Å². The summed E-state index contributed by atoms with van der Waals surface area (Å²) in [5.74, 6) is 1.54. The molecule has 1 aromatic heterocycles. The van der Waals surface area contributed by atoms with Crippen LogP contribution in [0.2, 0.25) is 0 Å². The molecule has 0 aliphatic carbocycles. The van der Waals surface area contributed by atoms with Crippen molar-refractivity contribution in [3.05, 3.63) is 54.0 Å². The fourth-order valence-electron chi connectivity index (χ4n) is 2.10. The molecular weight excluding hydrogens is 250 g/mol. The molecule has 0 aliphatic heterocycles. The highest BCUT2D eigenvalue weighted by Crippen LogP contribution is 2.28. The molecule has 2 rings (SSSR count). The summed E-state index contributed by atoms with van der Waals surface area (Å²) in [5, 5.41) is 3.34. The van der Waals surface area contributed by atoms with E-state index in [1.807, 2.05) is 12.1 Å². The van der Waals surface area contributed by atoms with Gasteiger partial charge in [-0.15, -0.1) is 0 Å². The van der Waals surface area contributed by atoms with Gasteiger partial charge in [-0.3, -0.25) is 0 Å². The van der Waals surface area contributed by atoms with Crippen LogP contribution in [0.1, 0.15) is 37.3 Å². The fourth-order valence-corrected chi connectivity index (χ4v) is 2.10. The molecule has 0 bridgehead atoms. The number of rotatable bonds is 8. The third-order valence-electron chi connectivity index (χ3n) is 3.51. The lowest BCUT2D eigenvalue weighted by molar-refractivity contribution is 0.308. The van der Waals surface area contributed by atoms with Crippen molar-refractivity contribution >= 4 is 0 Å². The van der Waals surface area contributed by atoms with E-state index in [0.29, 0.717) is 12.5 Å². The van der Waals surface area contributed by atoms with Gasteiger partial charge in [-0.2, -0.15) is 0 Å². The Morgan fingerprint density at radius 1 is 1.25 bits per heavy atom. The van der Waals surface area contributed by atoms with Crippen LogP contribution in [0.15, 0.2) is 47.3 Å². The number of para-hydroxylation sites is 1. The normalized spacial score (nSPS) is 12.3. The Kier molecular flexibility index (Phi) is 5.69. The molecule has 0 amide bonds. The topological polar surface area (TPSA) is 34.4 Å². The minimum Gasteiger partial charge on any atom is -0.492 e. The van der Waals surface area contributed by atoms with Gasteiger partial charge in [0.05, 0.1) is 12.5 Å². The highest BCUT2D eigenvalue weighted by Gasteiger charge is 2.08. The standard InChI is InChI=1S/C17H23NO2/c1-3-14(2)16-6-4-5-7-17(16)20-11-9-18-12-15-8-10-19-13-15/h4-8,10,13-14,18H,3,9,11-12H2,1-2H3. The number of benzene rings is 1. The SMILES string of the molecule is CCC(C)c1ccccc1OCCNCc1ccoc1. The first kappa shape index (κ1) is 14.7. The largest absolute Gasteiger partial charge is 0.492 e. The maximum absolute atomic E-state index is 5.89. The molecule has 0 aliphatic rings. The van der Waals surface area contributed by atoms with Crippen LogP contribution in [-0.2, 0) is 6.54 Å². The Balaban J connectivity index is 1.76. The molecule has 0 spiro atoms. The van der Waals surface area contributed by atoms with Gasteiger partial charge >= 0.3 is 0 Å². The van der Waals surface area contributed by atoms with Crippen molar-refractivity contribution in [2.45, 2.75) is 32.7 Å². The van der Waals surface area contributed by atoms with E-state index in [2.05, 4.69) is 37.4 Å². The molecule has 108 valence electrons. The monoisotopic (exact) mass is 273 g/mol. The number of ether oxygens (including phenoxy) is 1. The Bertz CT molecular complexity index is 493. The summed E-state index contributed by atoms with van der Waals surface area (Å²) in [5.41, 5.74) is 2.45. The van der Waals surface area contributed by atoms with Crippen LogP contribution in [-0.4, -0.2) is 13.2 Å². The number of nitrogens with one attached hydrogen (secondary N) is 1. The van der Waals surface area contributed by atoms with Gasteiger partial charge < -0.3 is 14.5 Å². The third kappa shape index (κ3) is 4.14. The lowest BCUT2D eigenvalue weighted by atomic mass is 9.98. The first-order valence-electron chi connectivity index (χ1n) is 7.24. The van der Waals surface area contributed by atoms with E-state index in [9.17, 15) is 0 Å². The molecule has 1 aromatic carbocycles. The van der Waals surface area contributed by atoms with Crippen LogP contribution in [0, 0.1) is 0 Å². The molecule has 1 N–H and O–H groups in total. The highest BCUT2D eigenvalue weighted by atomic mass is 16.5. The third-order valence-corrected chi connectivity index (χ3v) is 3.51. The maximum Gasteiger partial charge on any atom is 0.122 e. The van der Waals surface area contributed by atoms with Gasteiger partial charge in [-0.05, 0) is 30.0 Å². The van der Waals surface area contributed by atoms with E-state index in [-0.39, 0.29) is 0 Å². The van der Waals surface area contributed by atoms with Gasteiger partial charge in [0, 0.05) is 18.7 Å². The van der Waals surface area contributed by atoms with Crippen LogP contribution in [0.5, 0.6) is 5.75 Å². The summed E-state index contributed by atoms with van der Waals surface area (Å²) < 4.78 is 10.9. The highest BCUT2D eigenvalue weighted by molar-refractivity contribution is 5.35. The van der Waals surface area contributed by atoms with Crippen molar-refractivity contribution < 1.29 is 9.15 Å². The number of hydrogen-bond donors (Lipinski definition) is 1. The van der Waals surface area contributed by atoms with E-state index in [1.165, 1.54) is 5.56 Å². The molecule has 0 saturated heterocycles. The molecule has 0 fully saturated rings. The van der Waals surface area contributed by atoms with Gasteiger partial charge in [0.25, 0.3) is 0 Å². The predicted octanol–water partition coefficient (Wildman–Crippen LogP) is 3.96. The Morgan fingerprint density at radius 3 is 2.85 bits per heavy atom. The predicted molar refractivity (Wildman–Crippen MR) is 81.1 cm³/mol. The summed E-state index contributed by atoms with van der Waals surface area (Å²) in [6.07, 6.45) is 4.57. The molecule has 3 heteroatoms. The van der Waals surface area contributed by atoms with Crippen LogP contribution in [0.25, 0.3) is 0 Å². The van der Waals surface area contributed by atoms with E-state index in [1.54, 1.807) is 12.5 Å². The lowest BCUT2D eigenvalue weighted by Gasteiger charge is -2.15. The molecule has 2 aromatic rings. The summed E-state index contributed by atoms with van der Waals surface area (Å²) >= 11 is 0. The maximum atomic E-state index is 5.89. The average molecular weight is 273 g/mol. The second kappa shape index (κ2) is 7.75. The van der Waals surface area contributed by atoms with E-state index < -0.39 is 0 Å². The second-order valence-electron chi connectivity index (χ2n) is 5.00. The first-order valence-corrected chi connectivity index (χ1v) is 7.24. The van der Waals surface area contributed by atoms with Crippen molar-refractivity contribution in [2.24, 2.45) is 0 Å². The van der Waals surface area contributed by atoms with Gasteiger partial charge in [0.15, 0.2) is 0 Å². The van der Waals surface area contributed by atoms with Crippen LogP contribution in [0.4, 0.5) is 0 Å². The molecule has 0 saturated carbocycles. The smallest absolute Gasteiger partial charge is 0.122 e. The Hall–Kier alpha value is -1.74. The minimum absolute atomic E-state index is 0.532. The van der Waals surface area contributed by atoms with Gasteiger partial charge in [0.1, 0.15) is 12.4 Å².